The molecule has 9 nitrogen and oxygen atoms in total. The van der Waals surface area contributed by atoms with Crippen molar-refractivity contribution in [2.75, 3.05) is 42.9 Å². The Morgan fingerprint density at radius 1 is 1.16 bits per heavy atom. The Hall–Kier alpha value is -3.17. The Morgan fingerprint density at radius 2 is 2.00 bits per heavy atom. The zero-order valence-corrected chi connectivity index (χ0v) is 18.1. The summed E-state index contributed by atoms with van der Waals surface area (Å²) in [7, 11) is 0. The molecular weight excluding hydrogens is 416 g/mol. The molecule has 3 aromatic rings. The smallest absolute Gasteiger partial charge is 0.320 e. The van der Waals surface area contributed by atoms with Crippen LogP contribution in [-0.2, 0) is 6.54 Å². The quantitative estimate of drug-likeness (QED) is 0.573. The standard InChI is InChI=1S/C21H25ClN8O/c1-2-23-21(31)26-18-14-16(6-8-24-18)15-28-10-12-29(13-11-28)17-4-5-19(27-20(17)22)30-9-3-7-25-30/h3-9,14H,2,10-13,15H2,1H3,(H2,23,24,26,31). The lowest BCUT2D eigenvalue weighted by atomic mass is 10.2. The van der Waals surface area contributed by atoms with Gasteiger partial charge in [-0.1, -0.05) is 11.6 Å². The molecule has 0 saturated carbocycles. The maximum atomic E-state index is 11.7. The number of rotatable bonds is 6. The summed E-state index contributed by atoms with van der Waals surface area (Å²) in [6.07, 6.45) is 5.28. The molecule has 10 heteroatoms. The fraction of sp³-hybridized carbons (Fsp3) is 0.333. The van der Waals surface area contributed by atoms with Gasteiger partial charge >= 0.3 is 6.03 Å². The van der Waals surface area contributed by atoms with E-state index < -0.39 is 0 Å². The van der Waals surface area contributed by atoms with E-state index in [0.29, 0.717) is 23.3 Å². The van der Waals surface area contributed by atoms with Crippen LogP contribution < -0.4 is 15.5 Å². The second-order valence-corrected chi connectivity index (χ2v) is 7.59. The van der Waals surface area contributed by atoms with Gasteiger partial charge in [0.15, 0.2) is 11.0 Å². The predicted molar refractivity (Wildman–Crippen MR) is 121 cm³/mol. The average molecular weight is 441 g/mol. The number of urea groups is 1. The van der Waals surface area contributed by atoms with Gasteiger partial charge in [0.1, 0.15) is 5.82 Å². The fourth-order valence-electron chi connectivity index (χ4n) is 3.55. The molecular formula is C21H25ClN8O. The summed E-state index contributed by atoms with van der Waals surface area (Å²) < 4.78 is 1.69. The van der Waals surface area contributed by atoms with Gasteiger partial charge in [-0.3, -0.25) is 10.2 Å². The van der Waals surface area contributed by atoms with Crippen LogP contribution in [0.25, 0.3) is 5.82 Å². The van der Waals surface area contributed by atoms with Crippen LogP contribution in [0.2, 0.25) is 5.15 Å². The summed E-state index contributed by atoms with van der Waals surface area (Å²) in [5.41, 5.74) is 2.05. The first-order chi connectivity index (χ1) is 15.1. The number of carbonyl (C=O) groups is 1. The van der Waals surface area contributed by atoms with E-state index in [9.17, 15) is 4.79 Å². The minimum atomic E-state index is -0.246. The minimum Gasteiger partial charge on any atom is -0.366 e. The number of amides is 2. The van der Waals surface area contributed by atoms with E-state index in [1.807, 2.05) is 43.5 Å². The second-order valence-electron chi connectivity index (χ2n) is 7.23. The van der Waals surface area contributed by atoms with Crippen molar-refractivity contribution < 1.29 is 4.79 Å². The molecule has 0 unspecified atom stereocenters. The lowest BCUT2D eigenvalue weighted by Crippen LogP contribution is -2.46. The number of hydrogen-bond donors (Lipinski definition) is 2. The third-order valence-electron chi connectivity index (χ3n) is 5.08. The van der Waals surface area contributed by atoms with Gasteiger partial charge in [-0.05, 0) is 42.8 Å². The molecule has 4 rings (SSSR count). The van der Waals surface area contributed by atoms with Crippen LogP contribution in [-0.4, -0.2) is 63.4 Å². The Labute approximate surface area is 186 Å². The Bertz CT molecular complexity index is 1020. The molecule has 162 valence electrons. The van der Waals surface area contributed by atoms with E-state index in [-0.39, 0.29) is 6.03 Å². The van der Waals surface area contributed by atoms with Gasteiger partial charge in [0.25, 0.3) is 0 Å². The first kappa shape index (κ1) is 21.1. The molecule has 0 atom stereocenters. The highest BCUT2D eigenvalue weighted by atomic mass is 35.5. The molecule has 1 aliphatic heterocycles. The van der Waals surface area contributed by atoms with Gasteiger partial charge in [0.2, 0.25) is 0 Å². The average Bonchev–Trinajstić information content (AvgIpc) is 3.30. The summed E-state index contributed by atoms with van der Waals surface area (Å²) in [6.45, 7) is 6.76. The number of hydrogen-bond acceptors (Lipinski definition) is 6. The molecule has 3 aromatic heterocycles. The van der Waals surface area contributed by atoms with Crippen LogP contribution in [0.4, 0.5) is 16.3 Å². The van der Waals surface area contributed by atoms with E-state index in [2.05, 4.69) is 35.5 Å². The van der Waals surface area contributed by atoms with Crippen molar-refractivity contribution in [1.29, 1.82) is 0 Å². The van der Waals surface area contributed by atoms with Crippen LogP contribution in [0, 0.1) is 0 Å². The predicted octanol–water partition coefficient (Wildman–Crippen LogP) is 2.78. The molecule has 0 spiro atoms. The number of aromatic nitrogens is 4. The highest BCUT2D eigenvalue weighted by Gasteiger charge is 2.20. The number of carbonyl (C=O) groups excluding carboxylic acids is 1. The van der Waals surface area contributed by atoms with Gasteiger partial charge in [0.05, 0.1) is 5.69 Å². The highest BCUT2D eigenvalue weighted by molar-refractivity contribution is 6.32. The molecule has 31 heavy (non-hydrogen) atoms. The molecule has 0 aliphatic carbocycles. The maximum Gasteiger partial charge on any atom is 0.320 e. The summed E-state index contributed by atoms with van der Waals surface area (Å²) in [6, 6.07) is 9.43. The van der Waals surface area contributed by atoms with E-state index in [1.165, 1.54) is 0 Å². The maximum absolute atomic E-state index is 11.7. The van der Waals surface area contributed by atoms with Gasteiger partial charge < -0.3 is 10.2 Å². The van der Waals surface area contributed by atoms with Crippen LogP contribution in [0.1, 0.15) is 12.5 Å². The number of pyridine rings is 2. The van der Waals surface area contributed by atoms with Crippen LogP contribution in [0.5, 0.6) is 0 Å². The van der Waals surface area contributed by atoms with E-state index >= 15 is 0 Å². The normalized spacial score (nSPS) is 14.5. The van der Waals surface area contributed by atoms with Crippen LogP contribution in [0.3, 0.4) is 0 Å². The Balaban J connectivity index is 1.33. The van der Waals surface area contributed by atoms with Crippen molar-refractivity contribution in [2.24, 2.45) is 0 Å². The van der Waals surface area contributed by atoms with Crippen molar-refractivity contribution in [3.8, 4) is 5.82 Å². The van der Waals surface area contributed by atoms with Crippen LogP contribution in [0.15, 0.2) is 48.9 Å². The van der Waals surface area contributed by atoms with Crippen molar-refractivity contribution in [2.45, 2.75) is 13.5 Å². The summed E-state index contributed by atoms with van der Waals surface area (Å²) in [5, 5.41) is 10.1. The molecule has 0 aromatic carbocycles. The molecule has 2 amide bonds. The minimum absolute atomic E-state index is 0.246. The third-order valence-corrected chi connectivity index (χ3v) is 5.35. The van der Waals surface area contributed by atoms with Gasteiger partial charge in [0, 0.05) is 57.9 Å². The molecule has 4 heterocycles. The number of anilines is 2. The van der Waals surface area contributed by atoms with E-state index in [0.717, 1.165) is 44.0 Å². The van der Waals surface area contributed by atoms with Crippen molar-refractivity contribution in [3.05, 3.63) is 59.6 Å². The molecule has 0 radical (unpaired) electrons. The SMILES string of the molecule is CCNC(=O)Nc1cc(CN2CCN(c3ccc(-n4cccn4)nc3Cl)CC2)ccn1. The van der Waals surface area contributed by atoms with Crippen molar-refractivity contribution >= 4 is 29.1 Å². The summed E-state index contributed by atoms with van der Waals surface area (Å²) >= 11 is 6.47. The topological polar surface area (TPSA) is 91.2 Å². The van der Waals surface area contributed by atoms with Gasteiger partial charge in [-0.15, -0.1) is 0 Å². The fourth-order valence-corrected chi connectivity index (χ4v) is 3.82. The molecule has 1 aliphatic rings. The number of nitrogens with zero attached hydrogens (tertiary/aromatic N) is 6. The monoisotopic (exact) mass is 440 g/mol. The summed E-state index contributed by atoms with van der Waals surface area (Å²) in [4.78, 5) is 25.0. The summed E-state index contributed by atoms with van der Waals surface area (Å²) in [5.74, 6) is 1.25. The lowest BCUT2D eigenvalue weighted by molar-refractivity contribution is 0.249. The number of nitrogens with one attached hydrogen (secondary N) is 2. The van der Waals surface area contributed by atoms with Gasteiger partial charge in [-0.2, -0.15) is 5.10 Å². The molecule has 2 N–H and O–H groups in total. The van der Waals surface area contributed by atoms with Crippen LogP contribution >= 0.6 is 11.6 Å². The van der Waals surface area contributed by atoms with Gasteiger partial charge in [-0.25, -0.2) is 19.4 Å². The molecule has 0 bridgehead atoms. The number of halogens is 1. The molecule has 1 saturated heterocycles. The van der Waals surface area contributed by atoms with Crippen molar-refractivity contribution in [1.82, 2.24) is 30.0 Å². The second kappa shape index (κ2) is 9.76. The zero-order valence-electron chi connectivity index (χ0n) is 17.3. The van der Waals surface area contributed by atoms with Crippen molar-refractivity contribution in [3.63, 3.8) is 0 Å². The Morgan fingerprint density at radius 3 is 2.71 bits per heavy atom. The van der Waals surface area contributed by atoms with E-state index in [4.69, 9.17) is 11.6 Å². The number of piperazine rings is 1. The van der Waals surface area contributed by atoms with E-state index in [1.54, 1.807) is 17.1 Å². The largest absolute Gasteiger partial charge is 0.366 e. The zero-order chi connectivity index (χ0) is 21.6. The first-order valence-corrected chi connectivity index (χ1v) is 10.6. The third kappa shape index (κ3) is 5.31. The first-order valence-electron chi connectivity index (χ1n) is 10.3. The Kier molecular flexibility index (Phi) is 6.63. The highest BCUT2D eigenvalue weighted by Crippen LogP contribution is 2.26. The lowest BCUT2D eigenvalue weighted by Gasteiger charge is -2.36. The molecule has 1 fully saturated rings.